The van der Waals surface area contributed by atoms with Crippen LogP contribution in [-0.2, 0) is 47.6 Å². The third-order valence-corrected chi connectivity index (χ3v) is 18.0. The summed E-state index contributed by atoms with van der Waals surface area (Å²) in [5, 5.41) is 92.4. The Balaban J connectivity index is 1.13. The van der Waals surface area contributed by atoms with Crippen LogP contribution in [0.1, 0.15) is 113 Å². The fourth-order valence-corrected chi connectivity index (χ4v) is 14.1. The second-order valence-electron chi connectivity index (χ2n) is 22.2. The van der Waals surface area contributed by atoms with Crippen LogP contribution in [-0.4, -0.2) is 157 Å². The Kier molecular flexibility index (Phi) is 13.6. The van der Waals surface area contributed by atoms with Crippen LogP contribution in [0.15, 0.2) is 11.6 Å². The van der Waals surface area contributed by atoms with Gasteiger partial charge in [-0.2, -0.15) is 0 Å². The Labute approximate surface area is 378 Å². The number of ether oxygens (including phenoxy) is 6. The summed E-state index contributed by atoms with van der Waals surface area (Å²) in [5.74, 6) is -5.31. The number of carbonyl (C=O) groups is 4. The molecule has 0 aromatic carbocycles. The standard InChI is InChI=1S/C46H70O19/c1-41(2)14-16-46(40(59)65-37-30(52)29(51)28(50)23(19-47)61-37)17-15-44(6)21(22(46)18-41)8-9-25-43(5)12-11-26(42(3,4)24(43)10-13-45(25,44)7)62-38-32(54)33(31(53)34(64-38)35(55)56)63-39(36(57)58)60-20-27(48)49/h8,22-26,28-34,37-39,47,50-54H,9-20H2,1-7H3,(H,48,49)(H,55,56)(H,57,58)/t22-,23+,24-,25+,26-,28+,29-,30+,31-,32+,33-,34-,37-,38+,39+,43-,44+,45+,46-/m0/s1. The highest BCUT2D eigenvalue weighted by Crippen LogP contribution is 2.76. The van der Waals surface area contributed by atoms with Gasteiger partial charge >= 0.3 is 23.9 Å². The number of rotatable bonds is 12. The van der Waals surface area contributed by atoms with E-state index in [-0.39, 0.29) is 39.4 Å². The number of hydrogen-bond donors (Lipinski definition) is 9. The fraction of sp³-hybridized carbons (Fsp3) is 0.870. The number of carboxylic acid groups (broad SMARTS) is 3. The molecule has 368 valence electrons. The van der Waals surface area contributed by atoms with Crippen LogP contribution in [0.25, 0.3) is 0 Å². The Morgan fingerprint density at radius 1 is 0.769 bits per heavy atom. The van der Waals surface area contributed by atoms with E-state index < -0.39 is 122 Å². The number of carbonyl (C=O) groups excluding carboxylic acids is 1. The van der Waals surface area contributed by atoms with Gasteiger partial charge in [0.1, 0.15) is 49.3 Å². The van der Waals surface area contributed by atoms with Gasteiger partial charge in [0.25, 0.3) is 6.29 Å². The van der Waals surface area contributed by atoms with E-state index in [0.717, 1.165) is 32.1 Å². The zero-order valence-corrected chi connectivity index (χ0v) is 38.3. The highest BCUT2D eigenvalue weighted by Gasteiger charge is 2.70. The van der Waals surface area contributed by atoms with Crippen molar-refractivity contribution in [3.05, 3.63) is 11.6 Å². The molecule has 0 aromatic rings. The van der Waals surface area contributed by atoms with E-state index in [1.54, 1.807) is 0 Å². The van der Waals surface area contributed by atoms with Crippen LogP contribution >= 0.6 is 0 Å². The molecule has 2 saturated heterocycles. The molecule has 0 bridgehead atoms. The predicted molar refractivity (Wildman–Crippen MR) is 222 cm³/mol. The maximum atomic E-state index is 14.6. The normalized spacial score (nSPS) is 47.1. The number of allylic oxidation sites excluding steroid dienone is 2. The minimum absolute atomic E-state index is 0.0737. The topological polar surface area (TPSA) is 306 Å². The summed E-state index contributed by atoms with van der Waals surface area (Å²) in [7, 11) is 0. The van der Waals surface area contributed by atoms with Gasteiger partial charge in [-0.1, -0.05) is 60.1 Å². The first-order chi connectivity index (χ1) is 30.2. The molecule has 19 atom stereocenters. The summed E-state index contributed by atoms with van der Waals surface area (Å²) in [6.07, 6.45) is -10.9. The van der Waals surface area contributed by atoms with Crippen molar-refractivity contribution in [2.75, 3.05) is 13.2 Å². The number of aliphatic hydroxyl groups is 6. The highest BCUT2D eigenvalue weighted by atomic mass is 16.7. The van der Waals surface area contributed by atoms with E-state index in [1.807, 2.05) is 0 Å². The zero-order chi connectivity index (χ0) is 48.0. The van der Waals surface area contributed by atoms with Gasteiger partial charge in [0, 0.05) is 0 Å². The van der Waals surface area contributed by atoms with Crippen LogP contribution in [0.2, 0.25) is 0 Å². The number of aliphatic hydroxyl groups excluding tert-OH is 6. The molecule has 19 nitrogen and oxygen atoms in total. The lowest BCUT2D eigenvalue weighted by atomic mass is 9.33. The quantitative estimate of drug-likeness (QED) is 0.0585. The summed E-state index contributed by atoms with van der Waals surface area (Å²) in [6, 6.07) is 0. The molecular weight excluding hydrogens is 856 g/mol. The van der Waals surface area contributed by atoms with Crippen LogP contribution in [0.3, 0.4) is 0 Å². The molecule has 4 saturated carbocycles. The fourth-order valence-electron chi connectivity index (χ4n) is 14.1. The van der Waals surface area contributed by atoms with Crippen LogP contribution in [0.5, 0.6) is 0 Å². The number of hydrogen-bond acceptors (Lipinski definition) is 16. The van der Waals surface area contributed by atoms with E-state index in [1.165, 1.54) is 5.57 Å². The Hall–Kier alpha value is -2.82. The molecule has 0 spiro atoms. The van der Waals surface area contributed by atoms with Crippen molar-refractivity contribution in [2.45, 2.75) is 186 Å². The molecule has 9 N–H and O–H groups in total. The summed E-state index contributed by atoms with van der Waals surface area (Å²) in [4.78, 5) is 49.9. The molecule has 6 fully saturated rings. The molecule has 0 radical (unpaired) electrons. The Morgan fingerprint density at radius 3 is 2.08 bits per heavy atom. The number of fused-ring (bicyclic) bond motifs is 7. The predicted octanol–water partition coefficient (Wildman–Crippen LogP) is 1.94. The zero-order valence-electron chi connectivity index (χ0n) is 38.3. The molecule has 19 heteroatoms. The maximum absolute atomic E-state index is 14.6. The van der Waals surface area contributed by atoms with Crippen molar-refractivity contribution >= 4 is 23.9 Å². The molecular formula is C46H70O19. The molecule has 7 rings (SSSR count). The third kappa shape index (κ3) is 8.25. The van der Waals surface area contributed by atoms with Gasteiger partial charge in [0.2, 0.25) is 6.29 Å². The Morgan fingerprint density at radius 2 is 1.45 bits per heavy atom. The first-order valence-corrected chi connectivity index (χ1v) is 23.0. The van der Waals surface area contributed by atoms with Crippen LogP contribution in [0, 0.1) is 50.2 Å². The number of carboxylic acids is 3. The Bertz CT molecular complexity index is 1870. The van der Waals surface area contributed by atoms with Gasteiger partial charge in [-0.05, 0) is 109 Å². The van der Waals surface area contributed by atoms with E-state index in [2.05, 4.69) is 54.5 Å². The van der Waals surface area contributed by atoms with Gasteiger partial charge in [-0.25, -0.2) is 14.4 Å². The molecule has 0 amide bonds. The van der Waals surface area contributed by atoms with Crippen LogP contribution in [0.4, 0.5) is 0 Å². The van der Waals surface area contributed by atoms with Gasteiger partial charge in [-0.15, -0.1) is 0 Å². The molecule has 65 heavy (non-hydrogen) atoms. The monoisotopic (exact) mass is 926 g/mol. The lowest BCUT2D eigenvalue weighted by Gasteiger charge is -2.71. The summed E-state index contributed by atoms with van der Waals surface area (Å²) in [5.41, 5.74) is -1.08. The molecule has 0 unspecified atom stereocenters. The molecule has 2 heterocycles. The second kappa shape index (κ2) is 17.6. The largest absolute Gasteiger partial charge is 0.480 e. The van der Waals surface area contributed by atoms with Crippen molar-refractivity contribution < 1.29 is 93.6 Å². The van der Waals surface area contributed by atoms with Gasteiger partial charge in [0.15, 0.2) is 12.4 Å². The van der Waals surface area contributed by atoms with Crippen molar-refractivity contribution in [1.82, 2.24) is 0 Å². The lowest BCUT2D eigenvalue weighted by Crippen LogP contribution is -2.66. The minimum atomic E-state index is -2.26. The van der Waals surface area contributed by atoms with E-state index >= 15 is 0 Å². The van der Waals surface area contributed by atoms with Crippen LogP contribution < -0.4 is 0 Å². The van der Waals surface area contributed by atoms with Crippen molar-refractivity contribution in [3.8, 4) is 0 Å². The SMILES string of the molecule is CC1(C)CC[C@]2(C(=O)O[C@@H]3O[C@H](CO)[C@@H](O)[C@H](O)[C@H]3O)CC[C@]3(C)C(=CC[C@@H]4[C@@]5(C)CC[C@H](O[C@@H]6O[C@H](C(=O)O)[C@@H](O)[C@H](O[C@@H](OCC(=O)O)C(=O)O)[C@H]6O)C(C)(C)[C@@H]5CC[C@]43C)[C@@H]2C1. The third-order valence-electron chi connectivity index (χ3n) is 18.0. The smallest absolute Gasteiger partial charge is 0.361 e. The first-order valence-electron chi connectivity index (χ1n) is 23.0. The molecule has 0 aromatic heterocycles. The summed E-state index contributed by atoms with van der Waals surface area (Å²) < 4.78 is 33.9. The molecule has 2 aliphatic heterocycles. The van der Waals surface area contributed by atoms with Gasteiger partial charge in [-0.3, -0.25) is 4.79 Å². The summed E-state index contributed by atoms with van der Waals surface area (Å²) >= 11 is 0. The molecule has 7 aliphatic rings. The average molecular weight is 927 g/mol. The highest BCUT2D eigenvalue weighted by molar-refractivity contribution is 5.79. The van der Waals surface area contributed by atoms with E-state index in [9.17, 15) is 60.0 Å². The van der Waals surface area contributed by atoms with E-state index in [4.69, 9.17) is 33.5 Å². The van der Waals surface area contributed by atoms with Gasteiger partial charge < -0.3 is 74.4 Å². The maximum Gasteiger partial charge on any atom is 0.361 e. The van der Waals surface area contributed by atoms with E-state index in [0.29, 0.717) is 32.1 Å². The van der Waals surface area contributed by atoms with Gasteiger partial charge in [0.05, 0.1) is 18.1 Å². The number of esters is 1. The first kappa shape index (κ1) is 50.1. The van der Waals surface area contributed by atoms with Crippen molar-refractivity contribution in [1.29, 1.82) is 0 Å². The summed E-state index contributed by atoms with van der Waals surface area (Å²) in [6.45, 7) is 14.0. The second-order valence-corrected chi connectivity index (χ2v) is 22.2. The number of aliphatic carboxylic acids is 3. The van der Waals surface area contributed by atoms with Crippen molar-refractivity contribution in [3.63, 3.8) is 0 Å². The molecule has 5 aliphatic carbocycles. The average Bonchev–Trinajstić information content (AvgIpc) is 3.22. The lowest BCUT2D eigenvalue weighted by molar-refractivity contribution is -0.339. The minimum Gasteiger partial charge on any atom is -0.480 e. The van der Waals surface area contributed by atoms with Crippen molar-refractivity contribution in [2.24, 2.45) is 50.2 Å².